The Hall–Kier alpha value is -3.20. The number of hydrogen-bond acceptors (Lipinski definition) is 7. The molecule has 0 saturated carbocycles. The van der Waals surface area contributed by atoms with Crippen LogP contribution in [0.25, 0.3) is 11.0 Å². The van der Waals surface area contributed by atoms with Crippen LogP contribution in [0, 0.1) is 0 Å². The van der Waals surface area contributed by atoms with Gasteiger partial charge in [0.05, 0.1) is 37.0 Å². The number of anilines is 2. The fourth-order valence-corrected chi connectivity index (χ4v) is 4.81. The molecule has 168 valence electrons. The average molecular weight is 436 g/mol. The predicted molar refractivity (Wildman–Crippen MR) is 122 cm³/mol. The van der Waals surface area contributed by atoms with Crippen molar-refractivity contribution < 1.29 is 9.53 Å². The van der Waals surface area contributed by atoms with Crippen molar-refractivity contribution in [1.82, 2.24) is 29.5 Å². The van der Waals surface area contributed by atoms with Crippen molar-refractivity contribution in [3.8, 4) is 5.75 Å². The summed E-state index contributed by atoms with van der Waals surface area (Å²) in [6, 6.07) is 4.40. The third-order valence-corrected chi connectivity index (χ3v) is 6.51. The fraction of sp³-hybridized carbons (Fsp3) is 0.478. The molecule has 0 radical (unpaired) electrons. The van der Waals surface area contributed by atoms with Crippen LogP contribution in [-0.4, -0.2) is 68.7 Å². The molecule has 32 heavy (non-hydrogen) atoms. The highest BCUT2D eigenvalue weighted by atomic mass is 16.5. The molecule has 9 heteroatoms. The van der Waals surface area contributed by atoms with Gasteiger partial charge in [-0.25, -0.2) is 9.67 Å². The summed E-state index contributed by atoms with van der Waals surface area (Å²) in [5.41, 5.74) is 4.23. The lowest BCUT2D eigenvalue weighted by Crippen LogP contribution is -2.36. The second-order valence-electron chi connectivity index (χ2n) is 8.74. The zero-order valence-corrected chi connectivity index (χ0v) is 18.8. The predicted octanol–water partition coefficient (Wildman–Crippen LogP) is 2.58. The number of fused-ring (bicyclic) bond motifs is 2. The van der Waals surface area contributed by atoms with E-state index in [4.69, 9.17) is 9.72 Å². The molecule has 0 spiro atoms. The Balaban J connectivity index is 1.43. The van der Waals surface area contributed by atoms with Crippen LogP contribution in [0.2, 0.25) is 0 Å². The van der Waals surface area contributed by atoms with Gasteiger partial charge < -0.3 is 19.9 Å². The standard InChI is InChI=1S/C23H29N7O2/c1-15(31)29-7-4-5-19(29)14-30-22-18(12-25-30)11-24-23(27-22)26-20-9-17-13-28(2)8-6-16(17)10-21(20)32-3/h9-12,19H,4-8,13-14H2,1-3H3,(H,24,26,27)/t19-/m0/s1. The summed E-state index contributed by atoms with van der Waals surface area (Å²) in [6.07, 6.45) is 6.59. The second kappa shape index (κ2) is 8.38. The Labute approximate surface area is 187 Å². The van der Waals surface area contributed by atoms with Crippen molar-refractivity contribution in [1.29, 1.82) is 0 Å². The Morgan fingerprint density at radius 3 is 2.94 bits per heavy atom. The first-order valence-electron chi connectivity index (χ1n) is 11.1. The van der Waals surface area contributed by atoms with Gasteiger partial charge in [0.2, 0.25) is 11.9 Å². The molecule has 2 aliphatic rings. The molecule has 9 nitrogen and oxygen atoms in total. The zero-order valence-electron chi connectivity index (χ0n) is 18.8. The number of hydrogen-bond donors (Lipinski definition) is 1. The Morgan fingerprint density at radius 1 is 1.25 bits per heavy atom. The molecule has 5 rings (SSSR count). The molecule has 0 unspecified atom stereocenters. The van der Waals surface area contributed by atoms with E-state index in [2.05, 4.69) is 39.5 Å². The van der Waals surface area contributed by atoms with Gasteiger partial charge in [-0.3, -0.25) is 4.79 Å². The van der Waals surface area contributed by atoms with Crippen LogP contribution < -0.4 is 10.1 Å². The molecule has 2 aliphatic heterocycles. The van der Waals surface area contributed by atoms with Gasteiger partial charge in [0.15, 0.2) is 5.65 Å². The van der Waals surface area contributed by atoms with E-state index >= 15 is 0 Å². The van der Waals surface area contributed by atoms with Crippen LogP contribution in [0.3, 0.4) is 0 Å². The number of likely N-dealkylation sites (N-methyl/N-ethyl adjacent to an activating group) is 1. The Kier molecular flexibility index (Phi) is 5.42. The monoisotopic (exact) mass is 435 g/mol. The van der Waals surface area contributed by atoms with Gasteiger partial charge in [0, 0.05) is 32.8 Å². The van der Waals surface area contributed by atoms with Crippen LogP contribution in [0.5, 0.6) is 5.75 Å². The van der Waals surface area contributed by atoms with Gasteiger partial charge >= 0.3 is 0 Å². The maximum Gasteiger partial charge on any atom is 0.229 e. The molecule has 1 atom stereocenters. The SMILES string of the molecule is COc1cc2c(cc1Nc1ncc3cnn(C[C@@H]4CCCN4C(C)=O)c3n1)CN(C)CC2. The smallest absolute Gasteiger partial charge is 0.229 e. The lowest BCUT2D eigenvalue weighted by atomic mass is 9.99. The highest BCUT2D eigenvalue weighted by Gasteiger charge is 2.27. The number of likely N-dealkylation sites (tertiary alicyclic amines) is 1. The van der Waals surface area contributed by atoms with Crippen molar-refractivity contribution in [3.05, 3.63) is 35.7 Å². The maximum absolute atomic E-state index is 11.9. The van der Waals surface area contributed by atoms with Gasteiger partial charge in [0.1, 0.15) is 5.75 Å². The summed E-state index contributed by atoms with van der Waals surface area (Å²) in [5.74, 6) is 1.40. The lowest BCUT2D eigenvalue weighted by Gasteiger charge is -2.26. The normalized spacial score (nSPS) is 18.7. The number of ether oxygens (including phenoxy) is 1. The molecular formula is C23H29N7O2. The second-order valence-corrected chi connectivity index (χ2v) is 8.74. The van der Waals surface area contributed by atoms with Crippen LogP contribution >= 0.6 is 0 Å². The molecule has 1 N–H and O–H groups in total. The molecule has 1 fully saturated rings. The summed E-state index contributed by atoms with van der Waals surface area (Å²) in [7, 11) is 3.82. The minimum atomic E-state index is 0.117. The van der Waals surface area contributed by atoms with Gasteiger partial charge in [-0.05, 0) is 49.6 Å². The van der Waals surface area contributed by atoms with E-state index in [9.17, 15) is 4.79 Å². The average Bonchev–Trinajstić information content (AvgIpc) is 3.41. The number of carbonyl (C=O) groups is 1. The minimum Gasteiger partial charge on any atom is -0.495 e. The summed E-state index contributed by atoms with van der Waals surface area (Å²) in [6.45, 7) is 5.04. The molecule has 1 saturated heterocycles. The fourth-order valence-electron chi connectivity index (χ4n) is 4.81. The first-order valence-corrected chi connectivity index (χ1v) is 11.1. The number of rotatable bonds is 5. The first kappa shape index (κ1) is 20.7. The lowest BCUT2D eigenvalue weighted by molar-refractivity contribution is -0.129. The molecule has 0 bridgehead atoms. The Bertz CT molecular complexity index is 1160. The van der Waals surface area contributed by atoms with E-state index < -0.39 is 0 Å². The van der Waals surface area contributed by atoms with Gasteiger partial charge in [-0.15, -0.1) is 0 Å². The van der Waals surface area contributed by atoms with Crippen molar-refractivity contribution in [2.75, 3.05) is 32.6 Å². The van der Waals surface area contributed by atoms with Gasteiger partial charge in [-0.1, -0.05) is 0 Å². The number of amides is 1. The van der Waals surface area contributed by atoms with Gasteiger partial charge in [0.25, 0.3) is 0 Å². The van der Waals surface area contributed by atoms with Crippen LogP contribution in [0.15, 0.2) is 24.5 Å². The zero-order chi connectivity index (χ0) is 22.2. The minimum absolute atomic E-state index is 0.117. The topological polar surface area (TPSA) is 88.4 Å². The van der Waals surface area contributed by atoms with E-state index in [1.165, 1.54) is 11.1 Å². The number of benzene rings is 1. The maximum atomic E-state index is 11.9. The number of methoxy groups -OCH3 is 1. The highest BCUT2D eigenvalue weighted by Crippen LogP contribution is 2.33. The van der Waals surface area contributed by atoms with Crippen molar-refractivity contribution in [2.45, 2.75) is 45.3 Å². The highest BCUT2D eigenvalue weighted by molar-refractivity contribution is 5.76. The first-order chi connectivity index (χ1) is 15.5. The molecule has 1 amide bonds. The van der Waals surface area contributed by atoms with Crippen molar-refractivity contribution in [2.24, 2.45) is 0 Å². The van der Waals surface area contributed by atoms with Crippen molar-refractivity contribution >= 4 is 28.6 Å². The van der Waals surface area contributed by atoms with E-state index in [1.54, 1.807) is 26.4 Å². The van der Waals surface area contributed by atoms with E-state index in [-0.39, 0.29) is 11.9 Å². The number of aromatic nitrogens is 4. The third-order valence-electron chi connectivity index (χ3n) is 6.51. The summed E-state index contributed by atoms with van der Waals surface area (Å²) in [5, 5.41) is 8.74. The quantitative estimate of drug-likeness (QED) is 0.659. The van der Waals surface area contributed by atoms with Crippen LogP contribution in [0.4, 0.5) is 11.6 Å². The van der Waals surface area contributed by atoms with Gasteiger partial charge in [-0.2, -0.15) is 10.1 Å². The molecule has 1 aromatic carbocycles. The van der Waals surface area contributed by atoms with E-state index in [1.807, 2.05) is 9.58 Å². The van der Waals surface area contributed by atoms with Crippen LogP contribution in [0.1, 0.15) is 30.9 Å². The number of nitrogens with one attached hydrogen (secondary N) is 1. The summed E-state index contributed by atoms with van der Waals surface area (Å²) < 4.78 is 7.53. The van der Waals surface area contributed by atoms with Crippen LogP contribution in [-0.2, 0) is 24.3 Å². The largest absolute Gasteiger partial charge is 0.495 e. The summed E-state index contributed by atoms with van der Waals surface area (Å²) >= 11 is 0. The molecule has 2 aromatic heterocycles. The Morgan fingerprint density at radius 2 is 2.12 bits per heavy atom. The molecular weight excluding hydrogens is 406 g/mol. The number of nitrogens with zero attached hydrogens (tertiary/aromatic N) is 6. The molecule has 4 heterocycles. The molecule has 3 aromatic rings. The molecule has 0 aliphatic carbocycles. The summed E-state index contributed by atoms with van der Waals surface area (Å²) in [4.78, 5) is 25.4. The number of carbonyl (C=O) groups excluding carboxylic acids is 1. The van der Waals surface area contributed by atoms with Crippen molar-refractivity contribution in [3.63, 3.8) is 0 Å². The van der Waals surface area contributed by atoms with E-state index in [0.717, 1.165) is 61.4 Å². The van der Waals surface area contributed by atoms with E-state index in [0.29, 0.717) is 12.5 Å². The third kappa shape index (κ3) is 3.88.